The molecule has 5 rings (SSSR count). The molecule has 6 nitrogen and oxygen atoms in total. The summed E-state index contributed by atoms with van der Waals surface area (Å²) < 4.78 is 5.17. The molecule has 0 spiro atoms. The van der Waals surface area contributed by atoms with Crippen molar-refractivity contribution in [1.82, 2.24) is 15.1 Å². The van der Waals surface area contributed by atoms with E-state index in [0.29, 0.717) is 11.8 Å². The molecule has 0 bridgehead atoms. The highest BCUT2D eigenvalue weighted by Crippen LogP contribution is 2.34. The van der Waals surface area contributed by atoms with Crippen LogP contribution in [-0.4, -0.2) is 21.7 Å². The SMILES string of the molecule is Cc1cc(Nc2nc(-c3ccccc3)cc(N3CCCc4ccccc43)n2)no1. The Balaban J connectivity index is 1.60. The van der Waals surface area contributed by atoms with Gasteiger partial charge >= 0.3 is 0 Å². The lowest BCUT2D eigenvalue weighted by Gasteiger charge is -2.30. The first kappa shape index (κ1) is 17.4. The standard InChI is InChI=1S/C23H21N5O/c1-16-14-21(27-29-16)25-23-24-19(17-8-3-2-4-9-17)15-22(26-23)28-13-7-11-18-10-5-6-12-20(18)28/h2-6,8-10,12,14-15H,7,11,13H2,1H3,(H,24,25,26,27). The maximum absolute atomic E-state index is 5.17. The van der Waals surface area contributed by atoms with Gasteiger partial charge in [0.15, 0.2) is 5.82 Å². The molecule has 29 heavy (non-hydrogen) atoms. The van der Waals surface area contributed by atoms with Crippen molar-refractivity contribution in [2.45, 2.75) is 19.8 Å². The molecule has 0 amide bonds. The first-order valence-electron chi connectivity index (χ1n) is 9.76. The first-order chi connectivity index (χ1) is 14.3. The van der Waals surface area contributed by atoms with Gasteiger partial charge in [0.05, 0.1) is 5.69 Å². The van der Waals surface area contributed by atoms with E-state index in [1.807, 2.05) is 31.2 Å². The Hall–Kier alpha value is -3.67. The lowest BCUT2D eigenvalue weighted by Crippen LogP contribution is -2.25. The van der Waals surface area contributed by atoms with E-state index < -0.39 is 0 Å². The van der Waals surface area contributed by atoms with Gasteiger partial charge in [-0.3, -0.25) is 0 Å². The molecule has 1 aliphatic rings. The molecule has 1 aliphatic heterocycles. The van der Waals surface area contributed by atoms with Gasteiger partial charge in [-0.15, -0.1) is 0 Å². The number of aryl methyl sites for hydroxylation is 2. The van der Waals surface area contributed by atoms with E-state index in [4.69, 9.17) is 14.5 Å². The lowest BCUT2D eigenvalue weighted by atomic mass is 10.0. The number of aromatic nitrogens is 3. The highest BCUT2D eigenvalue weighted by atomic mass is 16.5. The average Bonchev–Trinajstić information content (AvgIpc) is 3.18. The Morgan fingerprint density at radius 3 is 2.62 bits per heavy atom. The zero-order valence-electron chi connectivity index (χ0n) is 16.2. The first-order valence-corrected chi connectivity index (χ1v) is 9.76. The van der Waals surface area contributed by atoms with Gasteiger partial charge in [-0.25, -0.2) is 4.98 Å². The molecule has 0 unspecified atom stereocenters. The van der Waals surface area contributed by atoms with Gasteiger partial charge in [0.25, 0.3) is 0 Å². The summed E-state index contributed by atoms with van der Waals surface area (Å²) in [7, 11) is 0. The van der Waals surface area contributed by atoms with E-state index in [-0.39, 0.29) is 0 Å². The predicted molar refractivity (Wildman–Crippen MR) is 114 cm³/mol. The van der Waals surface area contributed by atoms with Gasteiger partial charge < -0.3 is 14.7 Å². The van der Waals surface area contributed by atoms with Gasteiger partial charge in [0, 0.05) is 29.9 Å². The van der Waals surface area contributed by atoms with E-state index in [0.717, 1.165) is 42.2 Å². The largest absolute Gasteiger partial charge is 0.360 e. The smallest absolute Gasteiger partial charge is 0.231 e. The molecule has 6 heteroatoms. The zero-order chi connectivity index (χ0) is 19.6. The molecule has 2 aromatic carbocycles. The van der Waals surface area contributed by atoms with E-state index in [9.17, 15) is 0 Å². The lowest BCUT2D eigenvalue weighted by molar-refractivity contribution is 0.400. The number of fused-ring (bicyclic) bond motifs is 1. The predicted octanol–water partition coefficient (Wildman–Crippen LogP) is 5.27. The third kappa shape index (κ3) is 3.57. The van der Waals surface area contributed by atoms with Crippen LogP contribution in [0.15, 0.2) is 71.3 Å². The summed E-state index contributed by atoms with van der Waals surface area (Å²) in [6.45, 7) is 2.78. The van der Waals surface area contributed by atoms with Crippen LogP contribution in [0.2, 0.25) is 0 Å². The van der Waals surface area contributed by atoms with E-state index >= 15 is 0 Å². The number of hydrogen-bond acceptors (Lipinski definition) is 6. The van der Waals surface area contributed by atoms with Crippen LogP contribution in [0.3, 0.4) is 0 Å². The van der Waals surface area contributed by atoms with Crippen LogP contribution >= 0.6 is 0 Å². The maximum atomic E-state index is 5.17. The molecule has 3 heterocycles. The molecule has 0 atom stereocenters. The molecular weight excluding hydrogens is 362 g/mol. The zero-order valence-corrected chi connectivity index (χ0v) is 16.2. The van der Waals surface area contributed by atoms with E-state index in [1.165, 1.54) is 11.3 Å². The van der Waals surface area contributed by atoms with Gasteiger partial charge in [0.2, 0.25) is 5.95 Å². The Labute approximate surface area is 169 Å². The van der Waals surface area contributed by atoms with Crippen LogP contribution in [0.4, 0.5) is 23.3 Å². The molecule has 0 saturated heterocycles. The molecule has 144 valence electrons. The number of nitrogens with zero attached hydrogens (tertiary/aromatic N) is 4. The molecule has 0 fully saturated rings. The van der Waals surface area contributed by atoms with Crippen molar-refractivity contribution in [3.05, 3.63) is 78.1 Å². The Morgan fingerprint density at radius 1 is 0.966 bits per heavy atom. The summed E-state index contributed by atoms with van der Waals surface area (Å²) >= 11 is 0. The fraction of sp³-hybridized carbons (Fsp3) is 0.174. The molecule has 0 aliphatic carbocycles. The topological polar surface area (TPSA) is 67.1 Å². The minimum atomic E-state index is 0.498. The molecule has 2 aromatic heterocycles. The Kier molecular flexibility index (Phi) is 4.44. The van der Waals surface area contributed by atoms with Gasteiger partial charge in [-0.05, 0) is 31.4 Å². The number of hydrogen-bond donors (Lipinski definition) is 1. The molecule has 0 radical (unpaired) electrons. The quantitative estimate of drug-likeness (QED) is 0.518. The number of rotatable bonds is 4. The third-order valence-corrected chi connectivity index (χ3v) is 5.04. The van der Waals surface area contributed by atoms with Crippen molar-refractivity contribution < 1.29 is 4.52 Å². The normalized spacial score (nSPS) is 13.2. The fourth-order valence-electron chi connectivity index (χ4n) is 3.70. The molecule has 0 saturated carbocycles. The van der Waals surface area contributed by atoms with Gasteiger partial charge in [-0.1, -0.05) is 53.7 Å². The monoisotopic (exact) mass is 383 g/mol. The second-order valence-electron chi connectivity index (χ2n) is 7.13. The highest BCUT2D eigenvalue weighted by Gasteiger charge is 2.20. The maximum Gasteiger partial charge on any atom is 0.231 e. The van der Waals surface area contributed by atoms with Crippen LogP contribution in [-0.2, 0) is 6.42 Å². The average molecular weight is 383 g/mol. The van der Waals surface area contributed by atoms with Crippen LogP contribution in [0.25, 0.3) is 11.3 Å². The summed E-state index contributed by atoms with van der Waals surface area (Å²) in [6.07, 6.45) is 2.18. The second kappa shape index (κ2) is 7.39. The fourth-order valence-corrected chi connectivity index (χ4v) is 3.70. The van der Waals surface area contributed by atoms with Crippen molar-refractivity contribution in [3.8, 4) is 11.3 Å². The summed E-state index contributed by atoms with van der Waals surface area (Å²) in [4.78, 5) is 11.8. The molecular formula is C23H21N5O. The second-order valence-corrected chi connectivity index (χ2v) is 7.13. The van der Waals surface area contributed by atoms with Crippen LogP contribution in [0.5, 0.6) is 0 Å². The van der Waals surface area contributed by atoms with Crippen LogP contribution in [0.1, 0.15) is 17.7 Å². The van der Waals surface area contributed by atoms with Crippen molar-refractivity contribution in [2.24, 2.45) is 0 Å². The highest BCUT2D eigenvalue weighted by molar-refractivity contribution is 5.71. The summed E-state index contributed by atoms with van der Waals surface area (Å²) in [6, 6.07) is 22.6. The summed E-state index contributed by atoms with van der Waals surface area (Å²) in [5.41, 5.74) is 4.46. The molecule has 4 aromatic rings. The number of nitrogens with one attached hydrogen (secondary N) is 1. The van der Waals surface area contributed by atoms with Crippen molar-refractivity contribution in [1.29, 1.82) is 0 Å². The Bertz CT molecular complexity index is 1140. The van der Waals surface area contributed by atoms with Crippen molar-refractivity contribution in [3.63, 3.8) is 0 Å². The number of anilines is 4. The van der Waals surface area contributed by atoms with Gasteiger partial charge in [-0.2, -0.15) is 4.98 Å². The van der Waals surface area contributed by atoms with E-state index in [2.05, 4.69) is 57.8 Å². The minimum absolute atomic E-state index is 0.498. The van der Waals surface area contributed by atoms with Gasteiger partial charge in [0.1, 0.15) is 11.6 Å². The number of para-hydroxylation sites is 1. The van der Waals surface area contributed by atoms with E-state index in [1.54, 1.807) is 0 Å². The minimum Gasteiger partial charge on any atom is -0.360 e. The third-order valence-electron chi connectivity index (χ3n) is 5.04. The Morgan fingerprint density at radius 2 is 1.79 bits per heavy atom. The van der Waals surface area contributed by atoms with Crippen LogP contribution < -0.4 is 10.2 Å². The summed E-state index contributed by atoms with van der Waals surface area (Å²) in [5.74, 6) is 2.70. The van der Waals surface area contributed by atoms with Crippen LogP contribution in [0, 0.1) is 6.92 Å². The molecule has 1 N–H and O–H groups in total. The van der Waals surface area contributed by atoms with Crippen molar-refractivity contribution >= 4 is 23.3 Å². The summed E-state index contributed by atoms with van der Waals surface area (Å²) in [5, 5.41) is 7.20. The van der Waals surface area contributed by atoms with Crippen molar-refractivity contribution in [2.75, 3.05) is 16.8 Å². The number of benzene rings is 2.